The fraction of sp³-hybridized carbons (Fsp3) is 0.333. The van der Waals surface area contributed by atoms with Crippen LogP contribution in [0.5, 0.6) is 5.75 Å². The Morgan fingerprint density at radius 1 is 1.08 bits per heavy atom. The summed E-state index contributed by atoms with van der Waals surface area (Å²) in [5, 5.41) is 18.1. The molecule has 1 aromatic heterocycles. The van der Waals surface area contributed by atoms with Crippen molar-refractivity contribution < 1.29 is 14.6 Å². The maximum Gasteiger partial charge on any atom is 0.326 e. The van der Waals surface area contributed by atoms with Crippen molar-refractivity contribution in [1.82, 2.24) is 4.98 Å². The van der Waals surface area contributed by atoms with Crippen LogP contribution in [-0.4, -0.2) is 41.3 Å². The van der Waals surface area contributed by atoms with Gasteiger partial charge in [0.25, 0.3) is 10.9 Å². The number of fused-ring (bicyclic) bond motifs is 1. The lowest BCUT2D eigenvalue weighted by Gasteiger charge is -2.32. The molecule has 2 heterocycles. The van der Waals surface area contributed by atoms with Crippen LogP contribution in [0.25, 0.3) is 10.8 Å². The van der Waals surface area contributed by atoms with Gasteiger partial charge in [-0.3, -0.25) is 9.59 Å². The van der Waals surface area contributed by atoms with Crippen LogP contribution >= 0.6 is 0 Å². The number of rotatable bonds is 9. The molecule has 1 saturated heterocycles. The van der Waals surface area contributed by atoms with E-state index in [9.17, 15) is 19.5 Å². The summed E-state index contributed by atoms with van der Waals surface area (Å²) in [6, 6.07) is 14.4. The van der Waals surface area contributed by atoms with Crippen molar-refractivity contribution in [3.05, 3.63) is 80.2 Å². The van der Waals surface area contributed by atoms with Gasteiger partial charge in [0.05, 0.1) is 7.11 Å². The number of aryl methyl sites for hydroxylation is 1. The molecule has 1 aliphatic heterocycles. The summed E-state index contributed by atoms with van der Waals surface area (Å²) in [5.74, 6) is 0.333. The van der Waals surface area contributed by atoms with E-state index in [4.69, 9.17) is 4.74 Å². The molecule has 202 valence electrons. The Kier molecular flexibility index (Phi) is 6.99. The molecule has 9 nitrogen and oxygen atoms in total. The molecule has 0 amide bonds. The molecular formula is C30H32N4O5. The number of hydrogen-bond donors (Lipinski definition) is 3. The molecule has 39 heavy (non-hydrogen) atoms. The first-order valence-corrected chi connectivity index (χ1v) is 13.1. The molecular weight excluding hydrogens is 496 g/mol. The van der Waals surface area contributed by atoms with Crippen molar-refractivity contribution in [1.29, 1.82) is 0 Å². The summed E-state index contributed by atoms with van der Waals surface area (Å²) >= 11 is 0. The molecule has 9 heteroatoms. The van der Waals surface area contributed by atoms with E-state index < -0.39 is 22.9 Å². The number of nitrogens with one attached hydrogen (secondary N) is 2. The lowest BCUT2D eigenvalue weighted by Crippen LogP contribution is -2.48. The maximum absolute atomic E-state index is 12.4. The number of aromatic nitrogens is 1. The number of methoxy groups -OCH3 is 1. The molecule has 3 N–H and O–H groups in total. The summed E-state index contributed by atoms with van der Waals surface area (Å²) in [5.41, 5.74) is 1.66. The van der Waals surface area contributed by atoms with E-state index in [0.29, 0.717) is 11.5 Å². The average Bonchev–Trinajstić information content (AvgIpc) is 3.25. The van der Waals surface area contributed by atoms with Gasteiger partial charge in [-0.2, -0.15) is 0 Å². The summed E-state index contributed by atoms with van der Waals surface area (Å²) in [7, 11) is 1.62. The minimum atomic E-state index is -1.09. The molecule has 0 saturated carbocycles. The Morgan fingerprint density at radius 2 is 1.77 bits per heavy atom. The van der Waals surface area contributed by atoms with Crippen molar-refractivity contribution >= 4 is 39.6 Å². The second-order valence-corrected chi connectivity index (χ2v) is 10.3. The third-order valence-corrected chi connectivity index (χ3v) is 7.54. The van der Waals surface area contributed by atoms with Gasteiger partial charge in [0.2, 0.25) is 0 Å². The van der Waals surface area contributed by atoms with Crippen molar-refractivity contribution in [2.75, 3.05) is 22.6 Å². The highest BCUT2D eigenvalue weighted by Gasteiger charge is 2.36. The molecule has 2 unspecified atom stereocenters. The smallest absolute Gasteiger partial charge is 0.326 e. The van der Waals surface area contributed by atoms with Gasteiger partial charge in [-0.15, -0.1) is 0 Å². The minimum Gasteiger partial charge on any atom is -0.497 e. The van der Waals surface area contributed by atoms with Crippen LogP contribution in [0.15, 0.2) is 58.1 Å². The first kappa shape index (κ1) is 26.2. The zero-order valence-electron chi connectivity index (χ0n) is 22.4. The molecule has 5 rings (SSSR count). The first-order chi connectivity index (χ1) is 18.7. The van der Waals surface area contributed by atoms with Crippen molar-refractivity contribution in [3.63, 3.8) is 0 Å². The van der Waals surface area contributed by atoms with E-state index in [-0.39, 0.29) is 24.2 Å². The molecule has 4 aromatic rings. The Labute approximate surface area is 226 Å². The SMILES string of the molecule is COc1ccc2cc(C)nc(Nc3ccc(C[C@H](Nc4c(N5C(C)CCC5C)c(=O)c4=O)C(=O)O)cc3)c2c1. The number of pyridine rings is 1. The Bertz CT molecular complexity index is 1600. The molecule has 0 aliphatic carbocycles. The second kappa shape index (κ2) is 10.4. The van der Waals surface area contributed by atoms with Crippen LogP contribution in [-0.2, 0) is 11.2 Å². The van der Waals surface area contributed by atoms with E-state index in [2.05, 4.69) is 15.6 Å². The van der Waals surface area contributed by atoms with Gasteiger partial charge < -0.3 is 25.4 Å². The number of aliphatic carboxylic acids is 1. The quantitative estimate of drug-likeness (QED) is 0.272. The number of carboxylic acid groups (broad SMARTS) is 1. The zero-order chi connectivity index (χ0) is 27.8. The Balaban J connectivity index is 1.34. The van der Waals surface area contributed by atoms with Crippen LogP contribution in [0.1, 0.15) is 37.9 Å². The summed E-state index contributed by atoms with van der Waals surface area (Å²) in [6.45, 7) is 5.96. The normalized spacial score (nSPS) is 17.9. The van der Waals surface area contributed by atoms with Gasteiger partial charge in [-0.1, -0.05) is 18.2 Å². The van der Waals surface area contributed by atoms with Crippen LogP contribution < -0.4 is 31.1 Å². The molecule has 0 radical (unpaired) electrons. The number of nitrogens with zero attached hydrogens (tertiary/aromatic N) is 2. The highest BCUT2D eigenvalue weighted by Crippen LogP contribution is 2.33. The van der Waals surface area contributed by atoms with Gasteiger partial charge in [-0.25, -0.2) is 9.78 Å². The predicted octanol–water partition coefficient (Wildman–Crippen LogP) is 4.38. The topological polar surface area (TPSA) is 121 Å². The molecule has 3 atom stereocenters. The van der Waals surface area contributed by atoms with Gasteiger partial charge in [0, 0.05) is 35.3 Å². The first-order valence-electron chi connectivity index (χ1n) is 13.1. The lowest BCUT2D eigenvalue weighted by atomic mass is 10.0. The van der Waals surface area contributed by atoms with Crippen LogP contribution in [0.2, 0.25) is 0 Å². The highest BCUT2D eigenvalue weighted by molar-refractivity contribution is 5.94. The van der Waals surface area contributed by atoms with E-state index in [1.807, 2.05) is 74.2 Å². The molecule has 1 aliphatic rings. The van der Waals surface area contributed by atoms with E-state index in [0.717, 1.165) is 46.3 Å². The fourth-order valence-corrected chi connectivity index (χ4v) is 5.45. The fourth-order valence-electron chi connectivity index (χ4n) is 5.45. The van der Waals surface area contributed by atoms with Crippen LogP contribution in [0, 0.1) is 6.92 Å². The highest BCUT2D eigenvalue weighted by atomic mass is 16.5. The third-order valence-electron chi connectivity index (χ3n) is 7.54. The van der Waals surface area contributed by atoms with E-state index in [1.54, 1.807) is 7.11 Å². The van der Waals surface area contributed by atoms with Crippen molar-refractivity contribution in [2.45, 2.75) is 58.2 Å². The van der Waals surface area contributed by atoms with Gasteiger partial charge in [0.15, 0.2) is 0 Å². The van der Waals surface area contributed by atoms with Gasteiger partial charge in [-0.05, 0) is 74.9 Å². The molecule has 1 fully saturated rings. The Morgan fingerprint density at radius 3 is 2.41 bits per heavy atom. The molecule has 3 aromatic carbocycles. The molecule has 0 spiro atoms. The third kappa shape index (κ3) is 5.04. The predicted molar refractivity (Wildman–Crippen MR) is 153 cm³/mol. The number of carbonyl (C=O) groups is 1. The van der Waals surface area contributed by atoms with Crippen molar-refractivity contribution in [3.8, 4) is 5.75 Å². The summed E-state index contributed by atoms with van der Waals surface area (Å²) in [4.78, 5) is 43.6. The molecule has 0 bridgehead atoms. The largest absolute Gasteiger partial charge is 0.497 e. The number of anilines is 4. The number of carboxylic acids is 1. The number of hydrogen-bond acceptors (Lipinski definition) is 8. The van der Waals surface area contributed by atoms with Crippen LogP contribution in [0.4, 0.5) is 22.9 Å². The minimum absolute atomic E-state index is 0.110. The Hall–Kier alpha value is -4.40. The zero-order valence-corrected chi connectivity index (χ0v) is 22.4. The number of ether oxygens (including phenoxy) is 1. The maximum atomic E-state index is 12.4. The monoisotopic (exact) mass is 528 g/mol. The van der Waals surface area contributed by atoms with Gasteiger partial charge in [0.1, 0.15) is 29.0 Å². The van der Waals surface area contributed by atoms with E-state index >= 15 is 0 Å². The second-order valence-electron chi connectivity index (χ2n) is 10.3. The summed E-state index contributed by atoms with van der Waals surface area (Å²) in [6.07, 6.45) is 1.98. The number of benzene rings is 2. The van der Waals surface area contributed by atoms with Crippen LogP contribution in [0.3, 0.4) is 0 Å². The van der Waals surface area contributed by atoms with E-state index in [1.165, 1.54) is 0 Å². The summed E-state index contributed by atoms with van der Waals surface area (Å²) < 4.78 is 5.37. The van der Waals surface area contributed by atoms with Gasteiger partial charge >= 0.3 is 5.97 Å². The standard InChI is InChI=1S/C30H32N4O5/c1-16-13-20-9-12-22(39-4)15-23(20)29(31-16)32-21-10-7-19(8-11-21)14-24(30(37)38)33-25-26(28(36)27(25)35)34-17(2)5-6-18(34)3/h7-13,15,17-18,24,33H,5-6,14H2,1-4H3,(H,31,32)(H,37,38)/t17?,18?,24-/m0/s1. The van der Waals surface area contributed by atoms with Crippen molar-refractivity contribution in [2.24, 2.45) is 0 Å². The lowest BCUT2D eigenvalue weighted by molar-refractivity contribution is -0.137. The average molecular weight is 529 g/mol.